The summed E-state index contributed by atoms with van der Waals surface area (Å²) in [5.41, 5.74) is 4.80. The highest BCUT2D eigenvalue weighted by atomic mass is 19.4. The molecule has 1 atom stereocenters. The number of hydrogen-bond acceptors (Lipinski definition) is 3. The lowest BCUT2D eigenvalue weighted by Crippen LogP contribution is -2.16. The molecule has 0 aliphatic carbocycles. The smallest absolute Gasteiger partial charge is 0.397 e. The molecule has 0 spiro atoms. The fourth-order valence-electron chi connectivity index (χ4n) is 2.23. The number of hydrogen-bond donors (Lipinski definition) is 2. The van der Waals surface area contributed by atoms with Crippen molar-refractivity contribution >= 4 is 17.3 Å². The van der Waals surface area contributed by atoms with Gasteiger partial charge >= 0.3 is 6.18 Å². The number of carbonyl (C=O) groups excluding carboxylic acids is 1. The number of alkyl halides is 3. The molecule has 21 heavy (non-hydrogen) atoms. The van der Waals surface area contributed by atoms with Crippen LogP contribution in [0.5, 0.6) is 0 Å². The Bertz CT molecular complexity index is 511. The molecule has 1 aliphatic heterocycles. The average Bonchev–Trinajstić information content (AvgIpc) is 2.91. The van der Waals surface area contributed by atoms with Crippen molar-refractivity contribution in [1.82, 2.24) is 0 Å². The van der Waals surface area contributed by atoms with Gasteiger partial charge in [-0.05, 0) is 37.5 Å². The van der Waals surface area contributed by atoms with Gasteiger partial charge in [0.15, 0.2) is 0 Å². The number of nitrogen functional groups attached to an aromatic ring is 1. The minimum Gasteiger partial charge on any atom is -0.397 e. The maximum absolute atomic E-state index is 12.5. The lowest BCUT2D eigenvalue weighted by atomic mass is 10.1. The van der Waals surface area contributed by atoms with Crippen LogP contribution >= 0.6 is 0 Å². The van der Waals surface area contributed by atoms with E-state index in [1.54, 1.807) is 0 Å². The molecule has 116 valence electrons. The molecule has 1 aromatic carbocycles. The van der Waals surface area contributed by atoms with Crippen LogP contribution in [0, 0.1) is 0 Å². The van der Waals surface area contributed by atoms with Crippen LogP contribution in [0.2, 0.25) is 0 Å². The molecule has 4 nitrogen and oxygen atoms in total. The van der Waals surface area contributed by atoms with E-state index in [4.69, 9.17) is 10.5 Å². The Morgan fingerprint density at radius 2 is 2.19 bits per heavy atom. The third kappa shape index (κ3) is 4.35. The second-order valence-corrected chi connectivity index (χ2v) is 5.02. The summed E-state index contributed by atoms with van der Waals surface area (Å²) in [7, 11) is 0. The number of benzene rings is 1. The summed E-state index contributed by atoms with van der Waals surface area (Å²) in [5, 5.41) is 2.53. The number of nitrogens with one attached hydrogen (secondary N) is 1. The average molecular weight is 302 g/mol. The summed E-state index contributed by atoms with van der Waals surface area (Å²) in [6.07, 6.45) is -1.55. The SMILES string of the molecule is Nc1cc(C(F)(F)F)ccc1NC(=O)CCC1CCCO1. The second kappa shape index (κ2) is 6.34. The third-order valence-corrected chi connectivity index (χ3v) is 3.37. The van der Waals surface area contributed by atoms with Crippen LogP contribution in [0.25, 0.3) is 0 Å². The molecule has 7 heteroatoms. The van der Waals surface area contributed by atoms with Crippen LogP contribution in [0.15, 0.2) is 18.2 Å². The molecule has 2 rings (SSSR count). The molecular formula is C14H17F3N2O2. The molecule has 1 aromatic rings. The molecule has 1 unspecified atom stereocenters. The van der Waals surface area contributed by atoms with E-state index in [-0.39, 0.29) is 29.8 Å². The van der Waals surface area contributed by atoms with Gasteiger partial charge in [-0.15, -0.1) is 0 Å². The van der Waals surface area contributed by atoms with Crippen molar-refractivity contribution < 1.29 is 22.7 Å². The summed E-state index contributed by atoms with van der Waals surface area (Å²) < 4.78 is 42.9. The van der Waals surface area contributed by atoms with E-state index in [0.717, 1.165) is 31.6 Å². The summed E-state index contributed by atoms with van der Waals surface area (Å²) in [6.45, 7) is 0.720. The molecule has 0 saturated carbocycles. The summed E-state index contributed by atoms with van der Waals surface area (Å²) in [5.74, 6) is -0.281. The third-order valence-electron chi connectivity index (χ3n) is 3.37. The molecule has 1 saturated heterocycles. The van der Waals surface area contributed by atoms with Gasteiger partial charge in [-0.1, -0.05) is 0 Å². The fourth-order valence-corrected chi connectivity index (χ4v) is 2.23. The van der Waals surface area contributed by atoms with E-state index in [1.165, 1.54) is 6.07 Å². The minimum absolute atomic E-state index is 0.0979. The zero-order valence-electron chi connectivity index (χ0n) is 11.4. The Hall–Kier alpha value is -1.76. The largest absolute Gasteiger partial charge is 0.416 e. The van der Waals surface area contributed by atoms with Gasteiger partial charge < -0.3 is 15.8 Å². The van der Waals surface area contributed by atoms with E-state index in [1.807, 2.05) is 0 Å². The van der Waals surface area contributed by atoms with Crippen molar-refractivity contribution in [1.29, 1.82) is 0 Å². The van der Waals surface area contributed by atoms with Gasteiger partial charge in [-0.3, -0.25) is 4.79 Å². The lowest BCUT2D eigenvalue weighted by molar-refractivity contribution is -0.137. The maximum atomic E-state index is 12.5. The zero-order chi connectivity index (χ0) is 15.5. The van der Waals surface area contributed by atoms with Gasteiger partial charge in [-0.25, -0.2) is 0 Å². The number of carbonyl (C=O) groups is 1. The van der Waals surface area contributed by atoms with E-state index in [9.17, 15) is 18.0 Å². The van der Waals surface area contributed by atoms with Crippen molar-refractivity contribution in [3.8, 4) is 0 Å². The number of amides is 1. The molecule has 0 bridgehead atoms. The first-order chi connectivity index (χ1) is 9.86. The van der Waals surface area contributed by atoms with E-state index < -0.39 is 11.7 Å². The number of nitrogens with two attached hydrogens (primary N) is 1. The van der Waals surface area contributed by atoms with Gasteiger partial charge in [0, 0.05) is 13.0 Å². The topological polar surface area (TPSA) is 64.3 Å². The van der Waals surface area contributed by atoms with Gasteiger partial charge in [0.25, 0.3) is 0 Å². The van der Waals surface area contributed by atoms with Crippen LogP contribution < -0.4 is 11.1 Å². The van der Waals surface area contributed by atoms with Crippen LogP contribution in [-0.2, 0) is 15.7 Å². The maximum Gasteiger partial charge on any atom is 0.416 e. The molecule has 1 aliphatic rings. The number of anilines is 2. The van der Waals surface area contributed by atoms with Crippen LogP contribution in [0.4, 0.5) is 24.5 Å². The van der Waals surface area contributed by atoms with Crippen LogP contribution in [0.1, 0.15) is 31.2 Å². The van der Waals surface area contributed by atoms with Gasteiger partial charge in [0.2, 0.25) is 5.91 Å². The zero-order valence-corrected chi connectivity index (χ0v) is 11.4. The summed E-state index contributed by atoms with van der Waals surface area (Å²) in [6, 6.07) is 2.88. The Morgan fingerprint density at radius 1 is 1.43 bits per heavy atom. The minimum atomic E-state index is -4.45. The molecule has 3 N–H and O–H groups in total. The van der Waals surface area contributed by atoms with Gasteiger partial charge in [-0.2, -0.15) is 13.2 Å². The van der Waals surface area contributed by atoms with Gasteiger partial charge in [0.05, 0.1) is 23.0 Å². The summed E-state index contributed by atoms with van der Waals surface area (Å²) >= 11 is 0. The first kappa shape index (κ1) is 15.6. The number of ether oxygens (including phenoxy) is 1. The van der Waals surface area contributed by atoms with E-state index in [2.05, 4.69) is 5.32 Å². The lowest BCUT2D eigenvalue weighted by Gasteiger charge is -2.13. The Kier molecular flexibility index (Phi) is 4.72. The Balaban J connectivity index is 1.91. The molecule has 0 radical (unpaired) electrons. The predicted molar refractivity (Wildman–Crippen MR) is 72.7 cm³/mol. The van der Waals surface area contributed by atoms with Crippen molar-refractivity contribution in [2.45, 2.75) is 38.0 Å². The second-order valence-electron chi connectivity index (χ2n) is 5.02. The molecular weight excluding hydrogens is 285 g/mol. The Labute approximate surface area is 120 Å². The molecule has 1 heterocycles. The molecule has 0 aromatic heterocycles. The highest BCUT2D eigenvalue weighted by Crippen LogP contribution is 2.32. The monoisotopic (exact) mass is 302 g/mol. The van der Waals surface area contributed by atoms with Crippen molar-refractivity contribution in [3.63, 3.8) is 0 Å². The normalized spacial score (nSPS) is 18.7. The quantitative estimate of drug-likeness (QED) is 0.840. The van der Waals surface area contributed by atoms with E-state index in [0.29, 0.717) is 6.42 Å². The number of halogens is 3. The standard InChI is InChI=1S/C14H17F3N2O2/c15-14(16,17)9-3-5-12(11(18)8-9)19-13(20)6-4-10-2-1-7-21-10/h3,5,8,10H,1-2,4,6-7,18H2,(H,19,20). The highest BCUT2D eigenvalue weighted by molar-refractivity contribution is 5.93. The molecule has 1 fully saturated rings. The molecule has 1 amide bonds. The van der Waals surface area contributed by atoms with Crippen molar-refractivity contribution in [2.24, 2.45) is 0 Å². The van der Waals surface area contributed by atoms with Crippen molar-refractivity contribution in [2.75, 3.05) is 17.7 Å². The number of rotatable bonds is 4. The van der Waals surface area contributed by atoms with Crippen molar-refractivity contribution in [3.05, 3.63) is 23.8 Å². The first-order valence-corrected chi connectivity index (χ1v) is 6.74. The highest BCUT2D eigenvalue weighted by Gasteiger charge is 2.30. The van der Waals surface area contributed by atoms with Crippen LogP contribution in [0.3, 0.4) is 0 Å². The fraction of sp³-hybridized carbons (Fsp3) is 0.500. The summed E-state index contributed by atoms with van der Waals surface area (Å²) in [4.78, 5) is 11.8. The van der Waals surface area contributed by atoms with Crippen LogP contribution in [-0.4, -0.2) is 18.6 Å². The van der Waals surface area contributed by atoms with E-state index >= 15 is 0 Å². The Morgan fingerprint density at radius 3 is 2.76 bits per heavy atom. The van der Waals surface area contributed by atoms with Gasteiger partial charge in [0.1, 0.15) is 0 Å². The predicted octanol–water partition coefficient (Wildman–Crippen LogP) is 3.19. The first-order valence-electron chi connectivity index (χ1n) is 6.74.